The normalized spacial score (nSPS) is 28.8. The molecule has 3 fully saturated rings. The van der Waals surface area contributed by atoms with Crippen LogP contribution in [0.1, 0.15) is 30.9 Å². The van der Waals surface area contributed by atoms with Crippen LogP contribution in [0.3, 0.4) is 0 Å². The summed E-state index contributed by atoms with van der Waals surface area (Å²) in [5.74, 6) is -2.55. The van der Waals surface area contributed by atoms with Gasteiger partial charge in [-0.2, -0.15) is 0 Å². The van der Waals surface area contributed by atoms with Gasteiger partial charge in [0.05, 0.1) is 29.6 Å². The largest absolute Gasteiger partial charge is 0.490 e. The standard InChI is InChI=1S/C26H26N4O6/c1-4-27-16-9-6-5-8-15(16)26(25(27)33)22-21(17-10-7-11-28(17)26)23(31)29(24(22)32)18-13-20(36-3)19(30(34)35)12-14(18)2/h5-6,8-9,12-13,17,21-22H,4,7,10-11H2,1-3H3/t17-,21-,22+,26+/m1/s1. The lowest BCUT2D eigenvalue weighted by Crippen LogP contribution is -2.56. The number of nitro groups is 1. The number of benzene rings is 2. The molecule has 1 spiro atoms. The summed E-state index contributed by atoms with van der Waals surface area (Å²) in [6, 6.07) is 10.0. The molecule has 3 amide bonds. The highest BCUT2D eigenvalue weighted by atomic mass is 16.6. The quantitative estimate of drug-likeness (QED) is 0.368. The van der Waals surface area contributed by atoms with Crippen molar-refractivity contribution >= 4 is 34.8 Å². The molecule has 0 aliphatic carbocycles. The third kappa shape index (κ3) is 2.52. The van der Waals surface area contributed by atoms with Crippen LogP contribution < -0.4 is 14.5 Å². The number of nitrogens with zero attached hydrogens (tertiary/aromatic N) is 4. The molecule has 0 bridgehead atoms. The van der Waals surface area contributed by atoms with Crippen molar-refractivity contribution in [2.75, 3.05) is 30.0 Å². The number of imide groups is 1. The van der Waals surface area contributed by atoms with Gasteiger partial charge in [-0.1, -0.05) is 18.2 Å². The summed E-state index contributed by atoms with van der Waals surface area (Å²) in [5.41, 5.74) is 0.747. The Labute approximate surface area is 207 Å². The second-order valence-corrected chi connectivity index (χ2v) is 9.82. The number of ether oxygens (including phenoxy) is 1. The fourth-order valence-electron chi connectivity index (χ4n) is 7.10. The Morgan fingerprint density at radius 1 is 1.14 bits per heavy atom. The number of fused-ring (bicyclic) bond motifs is 7. The van der Waals surface area contributed by atoms with Gasteiger partial charge < -0.3 is 9.64 Å². The fraction of sp³-hybridized carbons (Fsp3) is 0.423. The molecular formula is C26H26N4O6. The summed E-state index contributed by atoms with van der Waals surface area (Å²) >= 11 is 0. The topological polar surface area (TPSA) is 113 Å². The molecule has 4 heterocycles. The van der Waals surface area contributed by atoms with Gasteiger partial charge in [-0.05, 0) is 44.9 Å². The minimum absolute atomic E-state index is 0.0325. The van der Waals surface area contributed by atoms with Crippen LogP contribution in [-0.2, 0) is 19.9 Å². The summed E-state index contributed by atoms with van der Waals surface area (Å²) in [5, 5.41) is 11.5. The van der Waals surface area contributed by atoms with Gasteiger partial charge in [0.1, 0.15) is 5.54 Å². The number of hydrogen-bond donors (Lipinski definition) is 0. The SMILES string of the molecule is CCN1C(=O)[C@]2(c3ccccc31)[C@@H]1C(=O)N(c3cc(OC)c([N+](=O)[O-])cc3C)C(=O)[C@@H]1[C@H]1CCCN12. The number of rotatable bonds is 4. The highest BCUT2D eigenvalue weighted by Gasteiger charge is 2.75. The molecule has 186 valence electrons. The van der Waals surface area contributed by atoms with Crippen LogP contribution >= 0.6 is 0 Å². The number of carbonyl (C=O) groups excluding carboxylic acids is 3. The van der Waals surface area contributed by atoms with E-state index in [4.69, 9.17) is 4.74 Å². The van der Waals surface area contributed by atoms with Crippen LogP contribution in [0.2, 0.25) is 0 Å². The molecule has 0 aromatic heterocycles. The van der Waals surface area contributed by atoms with E-state index < -0.39 is 28.2 Å². The lowest BCUT2D eigenvalue weighted by molar-refractivity contribution is -0.385. The molecule has 0 N–H and O–H groups in total. The van der Waals surface area contributed by atoms with Crippen molar-refractivity contribution in [3.8, 4) is 5.75 Å². The van der Waals surface area contributed by atoms with Crippen molar-refractivity contribution in [3.63, 3.8) is 0 Å². The van der Waals surface area contributed by atoms with Crippen molar-refractivity contribution in [3.05, 3.63) is 57.6 Å². The van der Waals surface area contributed by atoms with Gasteiger partial charge in [0.25, 0.3) is 5.91 Å². The highest BCUT2D eigenvalue weighted by Crippen LogP contribution is 2.62. The predicted octanol–water partition coefficient (Wildman–Crippen LogP) is 2.76. The zero-order valence-corrected chi connectivity index (χ0v) is 20.3. The Kier molecular flexibility index (Phi) is 4.79. The first-order valence-electron chi connectivity index (χ1n) is 12.2. The molecule has 4 aliphatic heterocycles. The Bertz CT molecular complexity index is 1360. The number of amides is 3. The van der Waals surface area contributed by atoms with E-state index in [0.29, 0.717) is 18.7 Å². The number of likely N-dealkylation sites (N-methyl/N-ethyl adjacent to an activating group) is 1. The molecule has 2 aromatic carbocycles. The van der Waals surface area contributed by atoms with E-state index >= 15 is 0 Å². The van der Waals surface area contributed by atoms with Gasteiger partial charge in [-0.25, -0.2) is 4.90 Å². The number of carbonyl (C=O) groups is 3. The molecule has 0 radical (unpaired) electrons. The van der Waals surface area contributed by atoms with Crippen molar-refractivity contribution in [1.82, 2.24) is 4.90 Å². The van der Waals surface area contributed by atoms with Crippen molar-refractivity contribution in [2.45, 2.75) is 38.3 Å². The lowest BCUT2D eigenvalue weighted by atomic mass is 9.75. The molecule has 10 nitrogen and oxygen atoms in total. The Balaban J connectivity index is 1.55. The molecule has 4 atom stereocenters. The van der Waals surface area contributed by atoms with Crippen LogP contribution in [0.5, 0.6) is 5.75 Å². The number of anilines is 2. The van der Waals surface area contributed by atoms with Gasteiger partial charge in [0.15, 0.2) is 5.75 Å². The Morgan fingerprint density at radius 2 is 1.89 bits per heavy atom. The maximum atomic E-state index is 14.2. The number of para-hydroxylation sites is 1. The van der Waals surface area contributed by atoms with Crippen molar-refractivity contribution in [1.29, 1.82) is 0 Å². The maximum absolute atomic E-state index is 14.2. The van der Waals surface area contributed by atoms with Crippen LogP contribution in [0.4, 0.5) is 17.1 Å². The fourth-order valence-corrected chi connectivity index (χ4v) is 7.10. The highest BCUT2D eigenvalue weighted by molar-refractivity contribution is 6.26. The van der Waals surface area contributed by atoms with E-state index in [0.717, 1.165) is 29.0 Å². The Morgan fingerprint density at radius 3 is 2.58 bits per heavy atom. The summed E-state index contributed by atoms with van der Waals surface area (Å²) < 4.78 is 5.22. The molecule has 4 aliphatic rings. The first kappa shape index (κ1) is 22.7. The smallest absolute Gasteiger partial charge is 0.311 e. The lowest BCUT2D eigenvalue weighted by Gasteiger charge is -2.37. The molecule has 10 heteroatoms. The van der Waals surface area contributed by atoms with E-state index in [1.165, 1.54) is 19.2 Å². The zero-order valence-electron chi connectivity index (χ0n) is 20.3. The summed E-state index contributed by atoms with van der Waals surface area (Å²) in [7, 11) is 1.31. The van der Waals surface area contributed by atoms with Gasteiger partial charge in [-0.3, -0.25) is 29.4 Å². The minimum atomic E-state index is -1.24. The van der Waals surface area contributed by atoms with E-state index in [9.17, 15) is 24.5 Å². The number of nitro benzene ring substituents is 1. The Hall–Kier alpha value is -3.79. The first-order chi connectivity index (χ1) is 17.3. The minimum Gasteiger partial charge on any atom is -0.490 e. The third-order valence-electron chi connectivity index (χ3n) is 8.40. The monoisotopic (exact) mass is 490 g/mol. The third-order valence-corrected chi connectivity index (χ3v) is 8.40. The van der Waals surface area contributed by atoms with Gasteiger partial charge in [0, 0.05) is 36.0 Å². The van der Waals surface area contributed by atoms with Crippen LogP contribution in [0, 0.1) is 28.9 Å². The average molecular weight is 491 g/mol. The van der Waals surface area contributed by atoms with E-state index in [2.05, 4.69) is 4.90 Å². The first-order valence-corrected chi connectivity index (χ1v) is 12.2. The molecular weight excluding hydrogens is 464 g/mol. The van der Waals surface area contributed by atoms with E-state index in [-0.39, 0.29) is 35.0 Å². The molecule has 36 heavy (non-hydrogen) atoms. The van der Waals surface area contributed by atoms with Crippen LogP contribution in [0.25, 0.3) is 0 Å². The summed E-state index contributed by atoms with van der Waals surface area (Å²) in [6.45, 7) is 4.63. The second-order valence-electron chi connectivity index (χ2n) is 9.82. The summed E-state index contributed by atoms with van der Waals surface area (Å²) in [6.07, 6.45) is 1.56. The van der Waals surface area contributed by atoms with Crippen molar-refractivity contribution in [2.24, 2.45) is 11.8 Å². The van der Waals surface area contributed by atoms with E-state index in [1.807, 2.05) is 31.2 Å². The molecule has 0 unspecified atom stereocenters. The van der Waals surface area contributed by atoms with Crippen LogP contribution in [0.15, 0.2) is 36.4 Å². The van der Waals surface area contributed by atoms with Gasteiger partial charge in [-0.15, -0.1) is 0 Å². The number of methoxy groups -OCH3 is 1. The predicted molar refractivity (Wildman–Crippen MR) is 130 cm³/mol. The van der Waals surface area contributed by atoms with Gasteiger partial charge in [0.2, 0.25) is 11.8 Å². The molecule has 6 rings (SSSR count). The average Bonchev–Trinajstić information content (AvgIpc) is 3.56. The zero-order chi connectivity index (χ0) is 25.5. The molecule has 2 aromatic rings. The molecule has 3 saturated heterocycles. The van der Waals surface area contributed by atoms with Gasteiger partial charge >= 0.3 is 5.69 Å². The molecule has 0 saturated carbocycles. The maximum Gasteiger partial charge on any atom is 0.311 e. The number of aryl methyl sites for hydroxylation is 1. The number of hydrogen-bond acceptors (Lipinski definition) is 7. The van der Waals surface area contributed by atoms with Crippen molar-refractivity contribution < 1.29 is 24.0 Å². The van der Waals surface area contributed by atoms with E-state index in [1.54, 1.807) is 11.8 Å². The summed E-state index contributed by atoms with van der Waals surface area (Å²) in [4.78, 5) is 58.3. The second kappa shape index (κ2) is 7.60. The van der Waals surface area contributed by atoms with Crippen LogP contribution in [-0.4, -0.2) is 53.8 Å².